The van der Waals surface area contributed by atoms with Crippen LogP contribution in [0, 0.1) is 10.1 Å². The Morgan fingerprint density at radius 3 is 2.60 bits per heavy atom. The molecule has 4 rings (SSSR count). The van der Waals surface area contributed by atoms with Gasteiger partial charge >= 0.3 is 5.63 Å². The van der Waals surface area contributed by atoms with Crippen LogP contribution in [0.2, 0.25) is 5.02 Å². The van der Waals surface area contributed by atoms with E-state index in [0.717, 1.165) is 0 Å². The first-order valence-corrected chi connectivity index (χ1v) is 8.02. The Labute approximate surface area is 146 Å². The van der Waals surface area contributed by atoms with E-state index in [1.807, 2.05) is 0 Å². The summed E-state index contributed by atoms with van der Waals surface area (Å²) in [6.07, 6.45) is 0. The monoisotopic (exact) mass is 357 g/mol. The molecule has 0 aliphatic carbocycles. The van der Waals surface area contributed by atoms with Crippen LogP contribution in [0.5, 0.6) is 5.75 Å². The second-order valence-electron chi connectivity index (χ2n) is 5.79. The molecule has 0 radical (unpaired) electrons. The smallest absolute Gasteiger partial charge is 0.344 e. The molecule has 0 saturated heterocycles. The number of benzene rings is 2. The van der Waals surface area contributed by atoms with E-state index in [1.54, 1.807) is 48.5 Å². The Bertz CT molecular complexity index is 1050. The van der Waals surface area contributed by atoms with Crippen molar-refractivity contribution in [3.63, 3.8) is 0 Å². The minimum absolute atomic E-state index is 0.139. The van der Waals surface area contributed by atoms with Crippen LogP contribution in [-0.4, -0.2) is 17.6 Å². The van der Waals surface area contributed by atoms with Gasteiger partial charge in [-0.25, -0.2) is 4.79 Å². The average Bonchev–Trinajstić information content (AvgIpc) is 2.61. The van der Waals surface area contributed by atoms with E-state index in [2.05, 4.69) is 0 Å². The lowest BCUT2D eigenvalue weighted by Gasteiger charge is -2.28. The van der Waals surface area contributed by atoms with Gasteiger partial charge in [0.25, 0.3) is 6.04 Å². The topological polar surface area (TPSA) is 82.6 Å². The molecular weight excluding hydrogens is 346 g/mol. The molecule has 0 fully saturated rings. The van der Waals surface area contributed by atoms with Crippen LogP contribution >= 0.6 is 11.6 Å². The maximum absolute atomic E-state index is 12.6. The van der Waals surface area contributed by atoms with Gasteiger partial charge < -0.3 is 9.15 Å². The van der Waals surface area contributed by atoms with Crippen molar-refractivity contribution in [3.05, 3.63) is 85.2 Å². The number of fused-ring (bicyclic) bond motifs is 3. The third-order valence-corrected chi connectivity index (χ3v) is 4.75. The fourth-order valence-corrected chi connectivity index (χ4v) is 3.54. The SMILES string of the molecule is O=c1oc2ccccc2c2c1[C@@H](c1ccccc1Cl)[C@H]([N+](=O)[O-])CO2. The number of nitrogens with zero attached hydrogens (tertiary/aromatic N) is 1. The first-order valence-electron chi connectivity index (χ1n) is 7.64. The minimum atomic E-state index is -1.13. The molecule has 25 heavy (non-hydrogen) atoms. The molecule has 2 aromatic carbocycles. The van der Waals surface area contributed by atoms with E-state index in [0.29, 0.717) is 27.3 Å². The van der Waals surface area contributed by atoms with Crippen molar-refractivity contribution in [1.29, 1.82) is 0 Å². The predicted octanol–water partition coefficient (Wildman–Crippen LogP) is 3.62. The van der Waals surface area contributed by atoms with E-state index in [4.69, 9.17) is 20.8 Å². The molecule has 0 N–H and O–H groups in total. The Morgan fingerprint density at radius 1 is 1.12 bits per heavy atom. The Kier molecular flexibility index (Phi) is 3.69. The number of hydrogen-bond acceptors (Lipinski definition) is 5. The molecule has 0 saturated carbocycles. The van der Waals surface area contributed by atoms with Crippen LogP contribution in [0.3, 0.4) is 0 Å². The van der Waals surface area contributed by atoms with Crippen LogP contribution in [0.1, 0.15) is 17.0 Å². The fourth-order valence-electron chi connectivity index (χ4n) is 3.29. The third kappa shape index (κ3) is 2.46. The summed E-state index contributed by atoms with van der Waals surface area (Å²) in [4.78, 5) is 23.8. The normalized spacial score (nSPS) is 19.2. The molecule has 1 aliphatic rings. The second kappa shape index (κ2) is 5.89. The van der Waals surface area contributed by atoms with Gasteiger partial charge in [0.05, 0.1) is 16.9 Å². The molecule has 6 nitrogen and oxygen atoms in total. The number of hydrogen-bond donors (Lipinski definition) is 0. The van der Waals surface area contributed by atoms with E-state index in [-0.39, 0.29) is 12.2 Å². The molecule has 2 atom stereocenters. The van der Waals surface area contributed by atoms with Gasteiger partial charge in [0, 0.05) is 9.95 Å². The van der Waals surface area contributed by atoms with Crippen molar-refractivity contribution in [2.75, 3.05) is 6.61 Å². The average molecular weight is 358 g/mol. The first kappa shape index (κ1) is 15.7. The first-order chi connectivity index (χ1) is 12.1. The Morgan fingerprint density at radius 2 is 1.84 bits per heavy atom. The summed E-state index contributed by atoms with van der Waals surface area (Å²) in [6.45, 7) is -0.149. The summed E-state index contributed by atoms with van der Waals surface area (Å²) >= 11 is 6.27. The van der Waals surface area contributed by atoms with Gasteiger partial charge in [-0.05, 0) is 23.8 Å². The highest BCUT2D eigenvalue weighted by Gasteiger charge is 2.44. The molecule has 1 aromatic heterocycles. The standard InChI is InChI=1S/C18H12ClNO5/c19-12-7-3-1-5-10(12)15-13(20(22)23)9-24-17-11-6-2-4-8-14(11)25-18(21)16(15)17/h1-8,13,15H,9H2/t13-,15+/m1/s1. The van der Waals surface area contributed by atoms with Gasteiger partial charge in [-0.1, -0.05) is 41.9 Å². The molecule has 7 heteroatoms. The summed E-state index contributed by atoms with van der Waals surface area (Å²) in [5, 5.41) is 12.6. The number of halogens is 1. The maximum atomic E-state index is 12.6. The molecule has 2 heterocycles. The molecule has 0 amide bonds. The molecule has 1 aliphatic heterocycles. The lowest BCUT2D eigenvalue weighted by atomic mass is 9.83. The van der Waals surface area contributed by atoms with Gasteiger partial charge in [-0.15, -0.1) is 0 Å². The maximum Gasteiger partial charge on any atom is 0.344 e. The number of rotatable bonds is 2. The third-order valence-electron chi connectivity index (χ3n) is 4.40. The zero-order chi connectivity index (χ0) is 17.6. The van der Waals surface area contributed by atoms with Gasteiger partial charge in [-0.3, -0.25) is 10.1 Å². The van der Waals surface area contributed by atoms with Crippen LogP contribution in [0.25, 0.3) is 11.0 Å². The number of ether oxygens (including phenoxy) is 1. The van der Waals surface area contributed by atoms with Crippen LogP contribution in [0.15, 0.2) is 57.7 Å². The van der Waals surface area contributed by atoms with Gasteiger partial charge in [0.15, 0.2) is 6.61 Å². The lowest BCUT2D eigenvalue weighted by molar-refractivity contribution is -0.528. The van der Waals surface area contributed by atoms with E-state index in [9.17, 15) is 14.9 Å². The number of para-hydroxylation sites is 1. The molecule has 0 unspecified atom stereocenters. The second-order valence-corrected chi connectivity index (χ2v) is 6.20. The van der Waals surface area contributed by atoms with Gasteiger partial charge in [-0.2, -0.15) is 0 Å². The molecule has 3 aromatic rings. The van der Waals surface area contributed by atoms with E-state index < -0.39 is 22.5 Å². The minimum Gasteiger partial charge on any atom is -0.485 e. The molecule has 0 bridgehead atoms. The summed E-state index contributed by atoms with van der Waals surface area (Å²) in [7, 11) is 0. The molecular formula is C18H12ClNO5. The van der Waals surface area contributed by atoms with Gasteiger partial charge in [0.1, 0.15) is 11.3 Å². The van der Waals surface area contributed by atoms with Crippen molar-refractivity contribution in [3.8, 4) is 5.75 Å². The molecule has 0 spiro atoms. The van der Waals surface area contributed by atoms with Crippen molar-refractivity contribution >= 4 is 22.6 Å². The summed E-state index contributed by atoms with van der Waals surface area (Å²) < 4.78 is 11.0. The van der Waals surface area contributed by atoms with Crippen LogP contribution in [-0.2, 0) is 0 Å². The highest BCUT2D eigenvalue weighted by Crippen LogP contribution is 2.42. The van der Waals surface area contributed by atoms with E-state index in [1.165, 1.54) is 0 Å². The zero-order valence-corrected chi connectivity index (χ0v) is 13.6. The fraction of sp³-hybridized carbons (Fsp3) is 0.167. The zero-order valence-electron chi connectivity index (χ0n) is 12.8. The lowest BCUT2D eigenvalue weighted by Crippen LogP contribution is -2.40. The highest BCUT2D eigenvalue weighted by atomic mass is 35.5. The summed E-state index contributed by atoms with van der Waals surface area (Å²) in [5.74, 6) is -0.511. The van der Waals surface area contributed by atoms with E-state index >= 15 is 0 Å². The molecule has 126 valence electrons. The summed E-state index contributed by atoms with van der Waals surface area (Å²) in [6, 6.07) is 12.6. The van der Waals surface area contributed by atoms with Crippen molar-refractivity contribution in [2.45, 2.75) is 12.0 Å². The van der Waals surface area contributed by atoms with Crippen molar-refractivity contribution in [2.24, 2.45) is 0 Å². The highest BCUT2D eigenvalue weighted by molar-refractivity contribution is 6.31. The predicted molar refractivity (Wildman–Crippen MR) is 92.1 cm³/mol. The largest absolute Gasteiger partial charge is 0.485 e. The van der Waals surface area contributed by atoms with Crippen LogP contribution < -0.4 is 10.4 Å². The summed E-state index contributed by atoms with van der Waals surface area (Å²) in [5.41, 5.74) is 0.381. The number of nitro groups is 1. The van der Waals surface area contributed by atoms with Crippen LogP contribution in [0.4, 0.5) is 0 Å². The quantitative estimate of drug-likeness (QED) is 0.397. The van der Waals surface area contributed by atoms with Gasteiger partial charge in [0.2, 0.25) is 0 Å². The Hall–Kier alpha value is -2.86. The Balaban J connectivity index is 2.05. The van der Waals surface area contributed by atoms with Crippen molar-refractivity contribution < 1.29 is 14.1 Å². The van der Waals surface area contributed by atoms with Crippen molar-refractivity contribution in [1.82, 2.24) is 0 Å².